The summed E-state index contributed by atoms with van der Waals surface area (Å²) >= 11 is 3.08. The fourth-order valence-electron chi connectivity index (χ4n) is 2.01. The molecular formula is C12H13N3O2S2. The number of amides is 1. The molecule has 0 aliphatic carbocycles. The van der Waals surface area contributed by atoms with Crippen LogP contribution in [0.15, 0.2) is 23.3 Å². The first-order chi connectivity index (χ1) is 9.33. The fraction of sp³-hybridized carbons (Fsp3) is 0.417. The minimum Gasteiger partial charge on any atom is -0.367 e. The molecule has 2 aromatic heterocycles. The van der Waals surface area contributed by atoms with E-state index >= 15 is 0 Å². The van der Waals surface area contributed by atoms with Crippen molar-refractivity contribution < 1.29 is 9.53 Å². The zero-order valence-corrected chi connectivity index (χ0v) is 11.8. The van der Waals surface area contributed by atoms with Crippen LogP contribution in [0.4, 0.5) is 0 Å². The molecule has 3 rings (SSSR count). The molecule has 1 fully saturated rings. The van der Waals surface area contributed by atoms with Crippen LogP contribution in [0.3, 0.4) is 0 Å². The Hall–Kier alpha value is -1.31. The van der Waals surface area contributed by atoms with E-state index in [1.807, 2.05) is 10.3 Å². The van der Waals surface area contributed by atoms with E-state index in [0.29, 0.717) is 26.1 Å². The standard InChI is InChI=1S/C12H13N3O2S2/c16-11(5-9-6-13-8-19-9)15-2-3-17-10(7-15)12-14-1-4-18-12/h1,4,6,8,10H,2-3,5,7H2. The SMILES string of the molecule is O=C(Cc1cncs1)N1CCOC(c2nccs2)C1. The molecular weight excluding hydrogens is 282 g/mol. The van der Waals surface area contributed by atoms with E-state index < -0.39 is 0 Å². The van der Waals surface area contributed by atoms with E-state index in [1.54, 1.807) is 29.2 Å². The third-order valence-corrected chi connectivity index (χ3v) is 4.60. The van der Waals surface area contributed by atoms with Crippen LogP contribution in [0.2, 0.25) is 0 Å². The molecule has 100 valence electrons. The summed E-state index contributed by atoms with van der Waals surface area (Å²) in [5, 5.41) is 2.87. The lowest BCUT2D eigenvalue weighted by molar-refractivity contribution is -0.138. The molecule has 0 N–H and O–H groups in total. The Morgan fingerprint density at radius 1 is 1.53 bits per heavy atom. The number of morpholine rings is 1. The van der Waals surface area contributed by atoms with Crippen molar-refractivity contribution >= 4 is 28.6 Å². The van der Waals surface area contributed by atoms with Crippen molar-refractivity contribution in [1.82, 2.24) is 14.9 Å². The smallest absolute Gasteiger partial charge is 0.228 e. The Labute approximate surface area is 118 Å². The number of carbonyl (C=O) groups is 1. The number of hydrogen-bond donors (Lipinski definition) is 0. The Kier molecular flexibility index (Phi) is 3.86. The maximum atomic E-state index is 12.2. The molecule has 0 aromatic carbocycles. The van der Waals surface area contributed by atoms with Gasteiger partial charge in [-0.3, -0.25) is 9.78 Å². The van der Waals surface area contributed by atoms with Crippen LogP contribution >= 0.6 is 22.7 Å². The molecule has 1 unspecified atom stereocenters. The number of hydrogen-bond acceptors (Lipinski definition) is 6. The maximum Gasteiger partial charge on any atom is 0.228 e. The number of aromatic nitrogens is 2. The van der Waals surface area contributed by atoms with E-state index in [9.17, 15) is 4.79 Å². The van der Waals surface area contributed by atoms with Crippen LogP contribution in [0, 0.1) is 0 Å². The van der Waals surface area contributed by atoms with Gasteiger partial charge in [0.05, 0.1) is 25.1 Å². The monoisotopic (exact) mass is 295 g/mol. The summed E-state index contributed by atoms with van der Waals surface area (Å²) in [7, 11) is 0. The molecule has 7 heteroatoms. The van der Waals surface area contributed by atoms with Gasteiger partial charge in [0.25, 0.3) is 0 Å². The number of thiazole rings is 2. The highest BCUT2D eigenvalue weighted by Crippen LogP contribution is 2.24. The highest BCUT2D eigenvalue weighted by atomic mass is 32.1. The number of nitrogens with zero attached hydrogens (tertiary/aromatic N) is 3. The van der Waals surface area contributed by atoms with E-state index in [0.717, 1.165) is 9.88 Å². The summed E-state index contributed by atoms with van der Waals surface area (Å²) in [5.41, 5.74) is 1.75. The molecule has 1 aliphatic rings. The molecule has 0 spiro atoms. The van der Waals surface area contributed by atoms with Crippen molar-refractivity contribution in [3.8, 4) is 0 Å². The summed E-state index contributed by atoms with van der Waals surface area (Å²) < 4.78 is 5.68. The average molecular weight is 295 g/mol. The molecule has 1 saturated heterocycles. The number of ether oxygens (including phenoxy) is 1. The van der Waals surface area contributed by atoms with E-state index in [1.165, 1.54) is 11.3 Å². The Morgan fingerprint density at radius 3 is 3.21 bits per heavy atom. The molecule has 1 aliphatic heterocycles. The summed E-state index contributed by atoms with van der Waals surface area (Å²) in [6, 6.07) is 0. The minimum atomic E-state index is -0.0841. The second kappa shape index (κ2) is 5.77. The predicted molar refractivity (Wildman–Crippen MR) is 73.2 cm³/mol. The fourth-order valence-corrected chi connectivity index (χ4v) is 3.27. The molecule has 19 heavy (non-hydrogen) atoms. The van der Waals surface area contributed by atoms with Gasteiger partial charge in [-0.15, -0.1) is 22.7 Å². The van der Waals surface area contributed by atoms with Crippen molar-refractivity contribution in [3.05, 3.63) is 33.2 Å². The summed E-state index contributed by atoms with van der Waals surface area (Å²) in [6.07, 6.45) is 3.86. The molecule has 1 amide bonds. The molecule has 0 saturated carbocycles. The average Bonchev–Trinajstić information content (AvgIpc) is 3.12. The van der Waals surface area contributed by atoms with Gasteiger partial charge in [-0.05, 0) is 0 Å². The topological polar surface area (TPSA) is 55.3 Å². The predicted octanol–water partition coefficient (Wildman–Crippen LogP) is 1.74. The van der Waals surface area contributed by atoms with Crippen LogP contribution in [0.25, 0.3) is 0 Å². The Balaban J connectivity index is 1.63. The van der Waals surface area contributed by atoms with E-state index in [2.05, 4.69) is 9.97 Å². The molecule has 0 radical (unpaired) electrons. The summed E-state index contributed by atoms with van der Waals surface area (Å²) in [4.78, 5) is 23.3. The highest BCUT2D eigenvalue weighted by Gasteiger charge is 2.26. The number of rotatable bonds is 3. The van der Waals surface area contributed by atoms with Crippen molar-refractivity contribution in [2.75, 3.05) is 19.7 Å². The van der Waals surface area contributed by atoms with Crippen LogP contribution in [0.5, 0.6) is 0 Å². The Bertz CT molecular complexity index is 527. The van der Waals surface area contributed by atoms with Gasteiger partial charge >= 0.3 is 0 Å². The summed E-state index contributed by atoms with van der Waals surface area (Å²) in [5.74, 6) is 0.133. The van der Waals surface area contributed by atoms with Gasteiger partial charge in [0.2, 0.25) is 5.91 Å². The van der Waals surface area contributed by atoms with Gasteiger partial charge in [-0.1, -0.05) is 0 Å². The van der Waals surface area contributed by atoms with Crippen LogP contribution in [-0.2, 0) is 16.0 Å². The molecule has 0 bridgehead atoms. The zero-order chi connectivity index (χ0) is 13.1. The molecule has 2 aromatic rings. The normalized spacial score (nSPS) is 19.6. The van der Waals surface area contributed by atoms with E-state index in [4.69, 9.17) is 4.74 Å². The van der Waals surface area contributed by atoms with Gasteiger partial charge in [-0.2, -0.15) is 0 Å². The molecule has 1 atom stereocenters. The zero-order valence-electron chi connectivity index (χ0n) is 10.2. The maximum absolute atomic E-state index is 12.2. The van der Waals surface area contributed by atoms with Gasteiger partial charge in [0, 0.05) is 29.2 Å². The van der Waals surface area contributed by atoms with Crippen molar-refractivity contribution in [2.24, 2.45) is 0 Å². The summed E-state index contributed by atoms with van der Waals surface area (Å²) in [6.45, 7) is 1.81. The third-order valence-electron chi connectivity index (χ3n) is 2.95. The van der Waals surface area contributed by atoms with Crippen LogP contribution in [-0.4, -0.2) is 40.5 Å². The van der Waals surface area contributed by atoms with Crippen LogP contribution in [0.1, 0.15) is 16.0 Å². The van der Waals surface area contributed by atoms with Crippen molar-refractivity contribution in [1.29, 1.82) is 0 Å². The Morgan fingerprint density at radius 2 is 2.47 bits per heavy atom. The molecule has 3 heterocycles. The van der Waals surface area contributed by atoms with Crippen molar-refractivity contribution in [2.45, 2.75) is 12.5 Å². The second-order valence-electron chi connectivity index (χ2n) is 4.21. The lowest BCUT2D eigenvalue weighted by Crippen LogP contribution is -2.42. The van der Waals surface area contributed by atoms with Gasteiger partial charge in [0.15, 0.2) is 0 Å². The van der Waals surface area contributed by atoms with Crippen molar-refractivity contribution in [3.63, 3.8) is 0 Å². The van der Waals surface area contributed by atoms with Gasteiger partial charge in [-0.25, -0.2) is 4.98 Å². The molecule has 5 nitrogen and oxygen atoms in total. The van der Waals surface area contributed by atoms with E-state index in [-0.39, 0.29) is 12.0 Å². The minimum absolute atomic E-state index is 0.0841. The van der Waals surface area contributed by atoms with Crippen LogP contribution < -0.4 is 0 Å². The van der Waals surface area contributed by atoms with Gasteiger partial charge in [0.1, 0.15) is 11.1 Å². The largest absolute Gasteiger partial charge is 0.367 e. The van der Waals surface area contributed by atoms with Gasteiger partial charge < -0.3 is 9.64 Å². The second-order valence-corrected chi connectivity index (χ2v) is 6.11. The highest BCUT2D eigenvalue weighted by molar-refractivity contribution is 7.09. The first-order valence-electron chi connectivity index (χ1n) is 5.99. The first-order valence-corrected chi connectivity index (χ1v) is 7.75. The third kappa shape index (κ3) is 2.99. The lowest BCUT2D eigenvalue weighted by atomic mass is 10.2. The first kappa shape index (κ1) is 12.7. The number of carbonyl (C=O) groups excluding carboxylic acids is 1. The quantitative estimate of drug-likeness (QED) is 0.865. The lowest BCUT2D eigenvalue weighted by Gasteiger charge is -2.32.